The molecule has 17 heavy (non-hydrogen) atoms. The molecule has 0 aliphatic rings. The van der Waals surface area contributed by atoms with Crippen molar-refractivity contribution in [2.75, 3.05) is 6.54 Å². The van der Waals surface area contributed by atoms with Crippen molar-refractivity contribution < 1.29 is 0 Å². The molecular formula is C14H27N3. The summed E-state index contributed by atoms with van der Waals surface area (Å²) in [5.41, 5.74) is 1.18. The molecule has 1 N–H and O–H groups in total. The van der Waals surface area contributed by atoms with E-state index in [-0.39, 0.29) is 0 Å². The monoisotopic (exact) mass is 237 g/mol. The third kappa shape index (κ3) is 5.35. The summed E-state index contributed by atoms with van der Waals surface area (Å²) in [6.07, 6.45) is 6.97. The van der Waals surface area contributed by atoms with E-state index in [1.165, 1.54) is 31.4 Å². The molecular weight excluding hydrogens is 210 g/mol. The Bertz CT molecular complexity index is 304. The van der Waals surface area contributed by atoms with Crippen LogP contribution in [-0.4, -0.2) is 16.3 Å². The Morgan fingerprint density at radius 1 is 1.35 bits per heavy atom. The number of aryl methyl sites for hydroxylation is 1. The van der Waals surface area contributed by atoms with E-state index >= 15 is 0 Å². The lowest BCUT2D eigenvalue weighted by molar-refractivity contribution is 0.438. The second-order valence-electron chi connectivity index (χ2n) is 5.25. The van der Waals surface area contributed by atoms with Gasteiger partial charge in [0.1, 0.15) is 0 Å². The van der Waals surface area contributed by atoms with Crippen LogP contribution in [0.2, 0.25) is 0 Å². The number of hydrogen-bond acceptors (Lipinski definition) is 2. The van der Waals surface area contributed by atoms with Crippen molar-refractivity contribution in [3.8, 4) is 0 Å². The van der Waals surface area contributed by atoms with Gasteiger partial charge < -0.3 is 5.32 Å². The zero-order chi connectivity index (χ0) is 12.7. The fourth-order valence-electron chi connectivity index (χ4n) is 2.02. The van der Waals surface area contributed by atoms with Gasteiger partial charge in [-0.2, -0.15) is 5.10 Å². The molecule has 0 amide bonds. The second-order valence-corrected chi connectivity index (χ2v) is 5.25. The molecule has 98 valence electrons. The van der Waals surface area contributed by atoms with Crippen LogP contribution < -0.4 is 5.32 Å². The van der Waals surface area contributed by atoms with Crippen molar-refractivity contribution >= 4 is 0 Å². The van der Waals surface area contributed by atoms with Crippen LogP contribution in [0, 0.1) is 5.92 Å². The van der Waals surface area contributed by atoms with Gasteiger partial charge in [0.2, 0.25) is 0 Å². The zero-order valence-corrected chi connectivity index (χ0v) is 11.7. The van der Waals surface area contributed by atoms with Crippen LogP contribution in [0.4, 0.5) is 0 Å². The van der Waals surface area contributed by atoms with Gasteiger partial charge in [-0.15, -0.1) is 0 Å². The van der Waals surface area contributed by atoms with Crippen molar-refractivity contribution in [1.82, 2.24) is 15.1 Å². The first kappa shape index (κ1) is 14.2. The summed E-state index contributed by atoms with van der Waals surface area (Å²) in [5, 5.41) is 8.11. The standard InChI is InChI=1S/C14H27N3/c1-5-10-15-13(8-6-7-12(2)3)14-9-11-17(4)16-14/h9,11-13,15H,5-8,10H2,1-4H3. The highest BCUT2D eigenvalue weighted by Crippen LogP contribution is 2.19. The molecule has 0 radical (unpaired) electrons. The summed E-state index contributed by atoms with van der Waals surface area (Å²) >= 11 is 0. The predicted molar refractivity (Wildman–Crippen MR) is 72.9 cm³/mol. The number of nitrogens with one attached hydrogen (secondary N) is 1. The smallest absolute Gasteiger partial charge is 0.0793 e. The molecule has 0 saturated carbocycles. The Labute approximate surface area is 106 Å². The molecule has 0 spiro atoms. The molecule has 0 bridgehead atoms. The van der Waals surface area contributed by atoms with Crippen LogP contribution >= 0.6 is 0 Å². The summed E-state index contributed by atoms with van der Waals surface area (Å²) < 4.78 is 1.89. The van der Waals surface area contributed by atoms with Gasteiger partial charge in [0, 0.05) is 13.2 Å². The fraction of sp³-hybridized carbons (Fsp3) is 0.786. The van der Waals surface area contributed by atoms with Crippen LogP contribution in [0.5, 0.6) is 0 Å². The summed E-state index contributed by atoms with van der Waals surface area (Å²) in [7, 11) is 1.98. The predicted octanol–water partition coefficient (Wildman–Crippen LogP) is 3.29. The van der Waals surface area contributed by atoms with E-state index < -0.39 is 0 Å². The third-order valence-electron chi connectivity index (χ3n) is 3.01. The lowest BCUT2D eigenvalue weighted by atomic mass is 10.0. The maximum atomic E-state index is 4.52. The average Bonchev–Trinajstić information content (AvgIpc) is 2.69. The first-order valence-electron chi connectivity index (χ1n) is 6.86. The van der Waals surface area contributed by atoms with E-state index in [0.717, 1.165) is 12.5 Å². The highest BCUT2D eigenvalue weighted by atomic mass is 15.3. The van der Waals surface area contributed by atoms with Crippen molar-refractivity contribution in [1.29, 1.82) is 0 Å². The second kappa shape index (κ2) is 7.49. The highest BCUT2D eigenvalue weighted by Gasteiger charge is 2.13. The molecule has 0 aromatic carbocycles. The van der Waals surface area contributed by atoms with Gasteiger partial charge in [-0.1, -0.05) is 33.6 Å². The SMILES string of the molecule is CCCNC(CCCC(C)C)c1ccn(C)n1. The van der Waals surface area contributed by atoms with Crippen LogP contribution in [-0.2, 0) is 7.05 Å². The summed E-state index contributed by atoms with van der Waals surface area (Å²) in [6.45, 7) is 7.85. The van der Waals surface area contributed by atoms with Gasteiger partial charge in [0.25, 0.3) is 0 Å². The number of hydrogen-bond donors (Lipinski definition) is 1. The highest BCUT2D eigenvalue weighted by molar-refractivity contribution is 5.05. The van der Waals surface area contributed by atoms with Crippen LogP contribution in [0.1, 0.15) is 58.2 Å². The van der Waals surface area contributed by atoms with E-state index in [9.17, 15) is 0 Å². The van der Waals surface area contributed by atoms with E-state index in [1.54, 1.807) is 0 Å². The maximum Gasteiger partial charge on any atom is 0.0793 e. The molecule has 0 fully saturated rings. The maximum absolute atomic E-state index is 4.52. The van der Waals surface area contributed by atoms with E-state index in [0.29, 0.717) is 6.04 Å². The Morgan fingerprint density at radius 3 is 2.65 bits per heavy atom. The number of rotatable bonds is 8. The zero-order valence-electron chi connectivity index (χ0n) is 11.7. The lowest BCUT2D eigenvalue weighted by Gasteiger charge is -2.17. The Kier molecular flexibility index (Phi) is 6.27. The minimum Gasteiger partial charge on any atom is -0.309 e. The molecule has 1 unspecified atom stereocenters. The topological polar surface area (TPSA) is 29.9 Å². The summed E-state index contributed by atoms with van der Waals surface area (Å²) in [4.78, 5) is 0. The van der Waals surface area contributed by atoms with Crippen LogP contribution in [0.15, 0.2) is 12.3 Å². The third-order valence-corrected chi connectivity index (χ3v) is 3.01. The molecule has 0 aliphatic heterocycles. The molecule has 1 heterocycles. The lowest BCUT2D eigenvalue weighted by Crippen LogP contribution is -2.22. The molecule has 1 rings (SSSR count). The normalized spacial score (nSPS) is 13.2. The largest absolute Gasteiger partial charge is 0.309 e. The molecule has 1 aromatic heterocycles. The van der Waals surface area contributed by atoms with E-state index in [2.05, 4.69) is 37.3 Å². The van der Waals surface area contributed by atoms with Gasteiger partial charge in [0.15, 0.2) is 0 Å². The molecule has 3 heteroatoms. The van der Waals surface area contributed by atoms with Crippen LogP contribution in [0.25, 0.3) is 0 Å². The Hall–Kier alpha value is -0.830. The summed E-state index contributed by atoms with van der Waals surface area (Å²) in [6, 6.07) is 2.55. The molecule has 3 nitrogen and oxygen atoms in total. The van der Waals surface area contributed by atoms with Gasteiger partial charge in [0.05, 0.1) is 11.7 Å². The average molecular weight is 237 g/mol. The first-order valence-corrected chi connectivity index (χ1v) is 6.86. The Balaban J connectivity index is 2.48. The summed E-state index contributed by atoms with van der Waals surface area (Å²) in [5.74, 6) is 0.797. The van der Waals surface area contributed by atoms with Crippen molar-refractivity contribution in [3.05, 3.63) is 18.0 Å². The van der Waals surface area contributed by atoms with Gasteiger partial charge in [-0.25, -0.2) is 0 Å². The molecule has 0 aliphatic carbocycles. The van der Waals surface area contributed by atoms with E-state index in [4.69, 9.17) is 0 Å². The van der Waals surface area contributed by atoms with Crippen molar-refractivity contribution in [2.45, 2.75) is 52.5 Å². The van der Waals surface area contributed by atoms with Gasteiger partial charge >= 0.3 is 0 Å². The molecule has 1 aromatic rings. The van der Waals surface area contributed by atoms with Crippen molar-refractivity contribution in [2.24, 2.45) is 13.0 Å². The Morgan fingerprint density at radius 2 is 2.12 bits per heavy atom. The van der Waals surface area contributed by atoms with E-state index in [1.807, 2.05) is 17.9 Å². The first-order chi connectivity index (χ1) is 8.13. The van der Waals surface area contributed by atoms with Gasteiger partial charge in [-0.05, 0) is 31.4 Å². The van der Waals surface area contributed by atoms with Crippen molar-refractivity contribution in [3.63, 3.8) is 0 Å². The van der Waals surface area contributed by atoms with Gasteiger partial charge in [-0.3, -0.25) is 4.68 Å². The molecule has 0 saturated heterocycles. The minimum absolute atomic E-state index is 0.426. The number of nitrogens with zero attached hydrogens (tertiary/aromatic N) is 2. The van der Waals surface area contributed by atoms with Crippen LogP contribution in [0.3, 0.4) is 0 Å². The quantitative estimate of drug-likeness (QED) is 0.752. The fourth-order valence-corrected chi connectivity index (χ4v) is 2.02. The molecule has 1 atom stereocenters. The minimum atomic E-state index is 0.426. The number of aromatic nitrogens is 2.